The summed E-state index contributed by atoms with van der Waals surface area (Å²) in [4.78, 5) is 11.6. The highest BCUT2D eigenvalue weighted by Crippen LogP contribution is 2.08. The fraction of sp³-hybridized carbons (Fsp3) is 0.267. The quantitative estimate of drug-likeness (QED) is 0.914. The number of benzene rings is 1. The van der Waals surface area contributed by atoms with Crippen molar-refractivity contribution < 1.29 is 9.50 Å². The molecule has 100 valence electrons. The van der Waals surface area contributed by atoms with Gasteiger partial charge < -0.3 is 9.67 Å². The van der Waals surface area contributed by atoms with Crippen molar-refractivity contribution in [2.75, 3.05) is 0 Å². The van der Waals surface area contributed by atoms with Crippen molar-refractivity contribution in [2.45, 2.75) is 26.0 Å². The summed E-state index contributed by atoms with van der Waals surface area (Å²) in [6, 6.07) is 9.96. The molecule has 1 N–H and O–H groups in total. The summed E-state index contributed by atoms with van der Waals surface area (Å²) in [6.07, 6.45) is 1.42. The van der Waals surface area contributed by atoms with Crippen molar-refractivity contribution in [3.05, 3.63) is 69.9 Å². The second-order valence-corrected chi connectivity index (χ2v) is 4.68. The molecule has 0 saturated carbocycles. The van der Waals surface area contributed by atoms with Crippen LogP contribution in [0.25, 0.3) is 0 Å². The number of nitrogens with zero attached hydrogens (tertiary/aromatic N) is 1. The molecular weight excluding hydrogens is 245 g/mol. The molecule has 0 aliphatic heterocycles. The minimum absolute atomic E-state index is 0.227. The van der Waals surface area contributed by atoms with E-state index in [9.17, 15) is 14.3 Å². The van der Waals surface area contributed by atoms with Crippen molar-refractivity contribution >= 4 is 0 Å². The van der Waals surface area contributed by atoms with E-state index in [4.69, 9.17) is 0 Å². The molecule has 0 bridgehead atoms. The van der Waals surface area contributed by atoms with Crippen molar-refractivity contribution in [1.82, 2.24) is 4.57 Å². The first-order valence-corrected chi connectivity index (χ1v) is 6.16. The van der Waals surface area contributed by atoms with Gasteiger partial charge in [0, 0.05) is 12.3 Å². The number of aliphatic hydroxyl groups is 1. The molecule has 2 rings (SSSR count). The van der Waals surface area contributed by atoms with Crippen LogP contribution in [0.1, 0.15) is 18.1 Å². The summed E-state index contributed by atoms with van der Waals surface area (Å²) in [7, 11) is 0. The maximum atomic E-state index is 13.1. The SMILES string of the molecule is CC(O)Cc1ccc(Cn2cc(F)ccc2=O)cc1. The third-order valence-electron chi connectivity index (χ3n) is 2.85. The van der Waals surface area contributed by atoms with Gasteiger partial charge in [0.25, 0.3) is 5.56 Å². The molecule has 1 aromatic carbocycles. The van der Waals surface area contributed by atoms with Gasteiger partial charge in [-0.3, -0.25) is 4.79 Å². The summed E-state index contributed by atoms with van der Waals surface area (Å²) in [5, 5.41) is 9.29. The fourth-order valence-electron chi connectivity index (χ4n) is 1.94. The van der Waals surface area contributed by atoms with Gasteiger partial charge in [-0.2, -0.15) is 0 Å². The molecule has 1 aromatic heterocycles. The normalized spacial score (nSPS) is 12.4. The first kappa shape index (κ1) is 13.5. The number of aromatic nitrogens is 1. The number of rotatable bonds is 4. The Balaban J connectivity index is 2.15. The average molecular weight is 261 g/mol. The molecule has 0 fully saturated rings. The molecular formula is C15H16FNO2. The highest BCUT2D eigenvalue weighted by molar-refractivity contribution is 5.23. The van der Waals surface area contributed by atoms with Gasteiger partial charge in [0.2, 0.25) is 0 Å². The lowest BCUT2D eigenvalue weighted by Crippen LogP contribution is -2.19. The Hall–Kier alpha value is -1.94. The van der Waals surface area contributed by atoms with Gasteiger partial charge in [-0.05, 0) is 30.5 Å². The van der Waals surface area contributed by atoms with Crippen molar-refractivity contribution in [3.8, 4) is 0 Å². The summed E-state index contributed by atoms with van der Waals surface area (Å²) in [5.74, 6) is -0.426. The molecule has 0 aliphatic rings. The molecule has 1 unspecified atom stereocenters. The Labute approximate surface area is 110 Å². The van der Waals surface area contributed by atoms with Gasteiger partial charge in [0.05, 0.1) is 12.6 Å². The molecule has 0 saturated heterocycles. The van der Waals surface area contributed by atoms with Gasteiger partial charge in [-0.1, -0.05) is 24.3 Å². The zero-order chi connectivity index (χ0) is 13.8. The topological polar surface area (TPSA) is 42.2 Å². The lowest BCUT2D eigenvalue weighted by molar-refractivity contribution is 0.195. The van der Waals surface area contributed by atoms with Crippen LogP contribution in [0.2, 0.25) is 0 Å². The van der Waals surface area contributed by atoms with Gasteiger partial charge in [-0.15, -0.1) is 0 Å². The smallest absolute Gasteiger partial charge is 0.251 e. The zero-order valence-electron chi connectivity index (χ0n) is 10.7. The number of pyridine rings is 1. The van der Waals surface area contributed by atoms with E-state index in [-0.39, 0.29) is 11.7 Å². The summed E-state index contributed by atoms with van der Waals surface area (Å²) >= 11 is 0. The zero-order valence-corrected chi connectivity index (χ0v) is 10.7. The number of hydrogen-bond acceptors (Lipinski definition) is 2. The summed E-state index contributed by atoms with van der Waals surface area (Å²) < 4.78 is 14.4. The lowest BCUT2D eigenvalue weighted by atomic mass is 10.1. The van der Waals surface area contributed by atoms with Crippen LogP contribution in [0.4, 0.5) is 4.39 Å². The van der Waals surface area contributed by atoms with Gasteiger partial charge in [-0.25, -0.2) is 4.39 Å². The Morgan fingerprint density at radius 1 is 1.16 bits per heavy atom. The Bertz CT molecular complexity index is 602. The van der Waals surface area contributed by atoms with E-state index < -0.39 is 5.82 Å². The van der Waals surface area contributed by atoms with E-state index in [1.807, 2.05) is 24.3 Å². The Kier molecular flexibility index (Phi) is 4.12. The van der Waals surface area contributed by atoms with Crippen LogP contribution in [0.3, 0.4) is 0 Å². The average Bonchev–Trinajstić information content (AvgIpc) is 2.35. The summed E-state index contributed by atoms with van der Waals surface area (Å²) in [6.45, 7) is 2.08. The van der Waals surface area contributed by atoms with Crippen LogP contribution in [-0.2, 0) is 13.0 Å². The highest BCUT2D eigenvalue weighted by atomic mass is 19.1. The summed E-state index contributed by atoms with van der Waals surface area (Å²) in [5.41, 5.74) is 1.72. The van der Waals surface area contributed by atoms with Gasteiger partial charge >= 0.3 is 0 Å². The maximum absolute atomic E-state index is 13.1. The second kappa shape index (κ2) is 5.80. The van der Waals surface area contributed by atoms with Gasteiger partial charge in [0.15, 0.2) is 0 Å². The number of hydrogen-bond donors (Lipinski definition) is 1. The van der Waals surface area contributed by atoms with E-state index >= 15 is 0 Å². The highest BCUT2D eigenvalue weighted by Gasteiger charge is 2.02. The lowest BCUT2D eigenvalue weighted by Gasteiger charge is -2.08. The van der Waals surface area contributed by atoms with Crippen LogP contribution < -0.4 is 5.56 Å². The number of halogens is 1. The number of aliphatic hydroxyl groups excluding tert-OH is 1. The first-order chi connectivity index (χ1) is 9.04. The molecule has 0 aliphatic carbocycles. The fourth-order valence-corrected chi connectivity index (χ4v) is 1.94. The third-order valence-corrected chi connectivity index (χ3v) is 2.85. The van der Waals surface area contributed by atoms with Crippen molar-refractivity contribution in [2.24, 2.45) is 0 Å². The molecule has 3 nitrogen and oxygen atoms in total. The van der Waals surface area contributed by atoms with Crippen molar-refractivity contribution in [1.29, 1.82) is 0 Å². The van der Waals surface area contributed by atoms with Crippen LogP contribution in [0.5, 0.6) is 0 Å². The van der Waals surface area contributed by atoms with E-state index in [2.05, 4.69) is 0 Å². The van der Waals surface area contributed by atoms with Crippen LogP contribution in [0, 0.1) is 5.82 Å². The second-order valence-electron chi connectivity index (χ2n) is 4.68. The minimum Gasteiger partial charge on any atom is -0.393 e. The molecule has 2 aromatic rings. The predicted molar refractivity (Wildman–Crippen MR) is 71.6 cm³/mol. The molecule has 0 spiro atoms. The first-order valence-electron chi connectivity index (χ1n) is 6.16. The van der Waals surface area contributed by atoms with E-state index in [0.717, 1.165) is 17.2 Å². The third kappa shape index (κ3) is 3.76. The van der Waals surface area contributed by atoms with E-state index in [0.29, 0.717) is 13.0 Å². The Morgan fingerprint density at radius 2 is 1.79 bits per heavy atom. The van der Waals surface area contributed by atoms with Crippen LogP contribution in [-0.4, -0.2) is 15.8 Å². The maximum Gasteiger partial charge on any atom is 0.251 e. The molecule has 1 heterocycles. The standard InChI is InChI=1S/C15H16FNO2/c1-11(18)8-12-2-4-13(5-3-12)9-17-10-14(16)6-7-15(17)19/h2-7,10-11,18H,8-9H2,1H3. The van der Waals surface area contributed by atoms with Crippen LogP contribution >= 0.6 is 0 Å². The molecule has 1 atom stereocenters. The minimum atomic E-state index is -0.426. The molecule has 0 amide bonds. The monoisotopic (exact) mass is 261 g/mol. The molecule has 19 heavy (non-hydrogen) atoms. The molecule has 4 heteroatoms. The van der Waals surface area contributed by atoms with Crippen LogP contribution in [0.15, 0.2) is 47.4 Å². The largest absolute Gasteiger partial charge is 0.393 e. The Morgan fingerprint density at radius 3 is 2.42 bits per heavy atom. The van der Waals surface area contributed by atoms with Gasteiger partial charge in [0.1, 0.15) is 5.82 Å². The molecule has 0 radical (unpaired) electrons. The predicted octanol–water partition coefficient (Wildman–Crippen LogP) is 1.96. The van der Waals surface area contributed by atoms with E-state index in [1.54, 1.807) is 6.92 Å². The van der Waals surface area contributed by atoms with Crippen molar-refractivity contribution in [3.63, 3.8) is 0 Å². The van der Waals surface area contributed by atoms with E-state index in [1.165, 1.54) is 16.8 Å².